The zero-order valence-electron chi connectivity index (χ0n) is 9.21. The maximum atomic E-state index is 5.26. The molecule has 0 unspecified atom stereocenters. The predicted octanol–water partition coefficient (Wildman–Crippen LogP) is 3.70. The summed E-state index contributed by atoms with van der Waals surface area (Å²) < 4.78 is 5.26. The Morgan fingerprint density at radius 1 is 1.29 bits per heavy atom. The van der Waals surface area contributed by atoms with Crippen LogP contribution in [0.4, 0.5) is 0 Å². The molecule has 1 aliphatic carbocycles. The third-order valence-electron chi connectivity index (χ3n) is 2.93. The van der Waals surface area contributed by atoms with Gasteiger partial charge in [0.15, 0.2) is 0 Å². The highest BCUT2D eigenvalue weighted by Gasteiger charge is 2.26. The molecule has 0 saturated heterocycles. The van der Waals surface area contributed by atoms with E-state index in [0.717, 1.165) is 11.7 Å². The maximum Gasteiger partial charge on any atom is 0.119 e. The molecule has 1 aliphatic rings. The van der Waals surface area contributed by atoms with Gasteiger partial charge in [-0.3, -0.25) is 0 Å². The van der Waals surface area contributed by atoms with Gasteiger partial charge in [-0.15, -0.1) is 0 Å². The summed E-state index contributed by atoms with van der Waals surface area (Å²) >= 11 is 0. The standard InChI is InChI=1S/C13H18O/c1-9(2)13-8-11(14-3)6-7-12(13)10-4-5-10/h6-10H,4-5H2,1-3H3. The van der Waals surface area contributed by atoms with E-state index in [0.29, 0.717) is 5.92 Å². The SMILES string of the molecule is COc1ccc(C2CC2)c(C(C)C)c1. The fourth-order valence-electron chi connectivity index (χ4n) is 1.95. The normalized spacial score (nSPS) is 16.0. The Morgan fingerprint density at radius 2 is 2.00 bits per heavy atom. The van der Waals surface area contributed by atoms with Gasteiger partial charge in [-0.1, -0.05) is 19.9 Å². The summed E-state index contributed by atoms with van der Waals surface area (Å²) in [5, 5.41) is 0. The van der Waals surface area contributed by atoms with Crippen LogP contribution < -0.4 is 4.74 Å². The van der Waals surface area contributed by atoms with E-state index in [1.54, 1.807) is 12.7 Å². The molecule has 0 bridgehead atoms. The first-order valence-corrected chi connectivity index (χ1v) is 5.40. The lowest BCUT2D eigenvalue weighted by Gasteiger charge is -2.13. The van der Waals surface area contributed by atoms with E-state index in [1.807, 2.05) is 0 Å². The van der Waals surface area contributed by atoms with E-state index < -0.39 is 0 Å². The second kappa shape index (κ2) is 3.64. The number of benzene rings is 1. The van der Waals surface area contributed by atoms with Crippen molar-refractivity contribution >= 4 is 0 Å². The van der Waals surface area contributed by atoms with Crippen molar-refractivity contribution in [1.82, 2.24) is 0 Å². The molecule has 2 rings (SSSR count). The van der Waals surface area contributed by atoms with Crippen molar-refractivity contribution in [1.29, 1.82) is 0 Å². The van der Waals surface area contributed by atoms with Gasteiger partial charge in [0.1, 0.15) is 5.75 Å². The zero-order chi connectivity index (χ0) is 10.1. The average molecular weight is 190 g/mol. The van der Waals surface area contributed by atoms with Gasteiger partial charge in [0.05, 0.1) is 7.11 Å². The Kier molecular flexibility index (Phi) is 2.49. The van der Waals surface area contributed by atoms with Crippen molar-refractivity contribution in [3.63, 3.8) is 0 Å². The Hall–Kier alpha value is -0.980. The smallest absolute Gasteiger partial charge is 0.119 e. The van der Waals surface area contributed by atoms with E-state index >= 15 is 0 Å². The maximum absolute atomic E-state index is 5.26. The van der Waals surface area contributed by atoms with Gasteiger partial charge in [-0.05, 0) is 47.9 Å². The topological polar surface area (TPSA) is 9.23 Å². The number of hydrogen-bond donors (Lipinski definition) is 0. The number of hydrogen-bond acceptors (Lipinski definition) is 1. The molecule has 0 atom stereocenters. The van der Waals surface area contributed by atoms with Crippen LogP contribution in [0.2, 0.25) is 0 Å². The molecule has 14 heavy (non-hydrogen) atoms. The minimum atomic E-state index is 0.598. The van der Waals surface area contributed by atoms with Crippen LogP contribution in [0.1, 0.15) is 49.7 Å². The van der Waals surface area contributed by atoms with Crippen molar-refractivity contribution in [3.8, 4) is 5.75 Å². The van der Waals surface area contributed by atoms with Crippen LogP contribution in [0.15, 0.2) is 18.2 Å². The Balaban J connectivity index is 2.38. The van der Waals surface area contributed by atoms with E-state index in [-0.39, 0.29) is 0 Å². The monoisotopic (exact) mass is 190 g/mol. The van der Waals surface area contributed by atoms with E-state index in [4.69, 9.17) is 4.74 Å². The van der Waals surface area contributed by atoms with Crippen LogP contribution in [0.5, 0.6) is 5.75 Å². The summed E-state index contributed by atoms with van der Waals surface area (Å²) in [6.07, 6.45) is 2.73. The lowest BCUT2D eigenvalue weighted by molar-refractivity contribution is 0.414. The average Bonchev–Trinajstić information content (AvgIpc) is 3.00. The molecule has 0 N–H and O–H groups in total. The summed E-state index contributed by atoms with van der Waals surface area (Å²) in [5.41, 5.74) is 3.01. The molecule has 1 fully saturated rings. The van der Waals surface area contributed by atoms with Gasteiger partial charge < -0.3 is 4.74 Å². The van der Waals surface area contributed by atoms with Crippen molar-refractivity contribution < 1.29 is 4.74 Å². The third-order valence-corrected chi connectivity index (χ3v) is 2.93. The Bertz CT molecular complexity index is 324. The molecule has 0 aliphatic heterocycles. The summed E-state index contributed by atoms with van der Waals surface area (Å²) in [6.45, 7) is 4.50. The summed E-state index contributed by atoms with van der Waals surface area (Å²) in [5.74, 6) is 2.41. The molecule has 0 spiro atoms. The first-order valence-electron chi connectivity index (χ1n) is 5.40. The quantitative estimate of drug-likeness (QED) is 0.706. The Morgan fingerprint density at radius 3 is 2.50 bits per heavy atom. The number of methoxy groups -OCH3 is 1. The van der Waals surface area contributed by atoms with Crippen LogP contribution in [0.25, 0.3) is 0 Å². The van der Waals surface area contributed by atoms with E-state index in [2.05, 4.69) is 32.0 Å². The van der Waals surface area contributed by atoms with Crippen molar-refractivity contribution in [2.45, 2.75) is 38.5 Å². The lowest BCUT2D eigenvalue weighted by atomic mass is 9.94. The molecule has 76 valence electrons. The van der Waals surface area contributed by atoms with Crippen LogP contribution in [-0.2, 0) is 0 Å². The van der Waals surface area contributed by atoms with Crippen LogP contribution in [-0.4, -0.2) is 7.11 Å². The molecule has 0 heterocycles. The molecular formula is C13H18O. The van der Waals surface area contributed by atoms with Gasteiger partial charge in [0.25, 0.3) is 0 Å². The number of rotatable bonds is 3. The third kappa shape index (κ3) is 1.77. The van der Waals surface area contributed by atoms with Crippen molar-refractivity contribution in [2.75, 3.05) is 7.11 Å². The summed E-state index contributed by atoms with van der Waals surface area (Å²) in [6, 6.07) is 6.52. The van der Waals surface area contributed by atoms with Crippen LogP contribution in [0, 0.1) is 0 Å². The predicted molar refractivity (Wildman–Crippen MR) is 59.1 cm³/mol. The number of ether oxygens (including phenoxy) is 1. The van der Waals surface area contributed by atoms with Gasteiger partial charge in [0, 0.05) is 0 Å². The highest BCUT2D eigenvalue weighted by atomic mass is 16.5. The fourth-order valence-corrected chi connectivity index (χ4v) is 1.95. The fraction of sp³-hybridized carbons (Fsp3) is 0.538. The highest BCUT2D eigenvalue weighted by molar-refractivity contribution is 5.41. The summed E-state index contributed by atoms with van der Waals surface area (Å²) in [7, 11) is 1.73. The van der Waals surface area contributed by atoms with E-state index in [1.165, 1.54) is 18.4 Å². The van der Waals surface area contributed by atoms with Crippen LogP contribution in [0.3, 0.4) is 0 Å². The molecule has 0 aromatic heterocycles. The second-order valence-corrected chi connectivity index (χ2v) is 4.42. The molecular weight excluding hydrogens is 172 g/mol. The first kappa shape index (κ1) is 9.57. The highest BCUT2D eigenvalue weighted by Crippen LogP contribution is 2.44. The van der Waals surface area contributed by atoms with Crippen molar-refractivity contribution in [2.24, 2.45) is 0 Å². The van der Waals surface area contributed by atoms with Gasteiger partial charge in [0.2, 0.25) is 0 Å². The Labute approximate surface area is 86.1 Å². The molecule has 0 radical (unpaired) electrons. The molecule has 1 aromatic carbocycles. The largest absolute Gasteiger partial charge is 0.497 e. The summed E-state index contributed by atoms with van der Waals surface area (Å²) in [4.78, 5) is 0. The minimum absolute atomic E-state index is 0.598. The van der Waals surface area contributed by atoms with Crippen LogP contribution >= 0.6 is 0 Å². The molecule has 1 aromatic rings. The molecule has 1 nitrogen and oxygen atoms in total. The second-order valence-electron chi connectivity index (χ2n) is 4.42. The molecule has 0 amide bonds. The van der Waals surface area contributed by atoms with Gasteiger partial charge >= 0.3 is 0 Å². The van der Waals surface area contributed by atoms with Gasteiger partial charge in [-0.2, -0.15) is 0 Å². The van der Waals surface area contributed by atoms with E-state index in [9.17, 15) is 0 Å². The first-order chi connectivity index (χ1) is 6.72. The lowest BCUT2D eigenvalue weighted by Crippen LogP contribution is -1.96. The molecule has 1 heteroatoms. The molecule has 1 saturated carbocycles. The zero-order valence-corrected chi connectivity index (χ0v) is 9.21. The minimum Gasteiger partial charge on any atom is -0.497 e. The van der Waals surface area contributed by atoms with Gasteiger partial charge in [-0.25, -0.2) is 0 Å². The van der Waals surface area contributed by atoms with Crippen molar-refractivity contribution in [3.05, 3.63) is 29.3 Å².